The van der Waals surface area contributed by atoms with Gasteiger partial charge in [0.15, 0.2) is 0 Å². The molecule has 84 valence electrons. The zero-order valence-electron chi connectivity index (χ0n) is 8.68. The minimum Gasteiger partial charge on any atom is -0.406 e. The van der Waals surface area contributed by atoms with Crippen molar-refractivity contribution in [2.75, 3.05) is 21.1 Å². The van der Waals surface area contributed by atoms with Crippen molar-refractivity contribution >= 4 is 5.97 Å². The van der Waals surface area contributed by atoms with E-state index in [0.29, 0.717) is 6.42 Å². The van der Waals surface area contributed by atoms with Crippen molar-refractivity contribution in [2.24, 2.45) is 0 Å². The van der Waals surface area contributed by atoms with Crippen molar-refractivity contribution in [3.63, 3.8) is 0 Å². The van der Waals surface area contributed by atoms with Crippen LogP contribution in [0.5, 0.6) is 0 Å². The maximum absolute atomic E-state index is 11.9. The zero-order valence-corrected chi connectivity index (χ0v) is 8.68. The summed E-state index contributed by atoms with van der Waals surface area (Å²) < 4.78 is 40.0. The normalized spacial score (nSPS) is 15.1. The fraction of sp³-hybridized carbons (Fsp3) is 0.875. The lowest BCUT2D eigenvalue weighted by Gasteiger charge is -2.32. The molecule has 0 aliphatic rings. The van der Waals surface area contributed by atoms with Crippen molar-refractivity contribution in [3.05, 3.63) is 0 Å². The molecule has 0 aliphatic carbocycles. The van der Waals surface area contributed by atoms with Gasteiger partial charge in [0.1, 0.15) is 0 Å². The third kappa shape index (κ3) is 3.95. The van der Waals surface area contributed by atoms with E-state index in [1.165, 1.54) is 0 Å². The first kappa shape index (κ1) is 13.2. The van der Waals surface area contributed by atoms with Crippen LogP contribution in [0.15, 0.2) is 0 Å². The predicted octanol–water partition coefficient (Wildman–Crippen LogP) is 1.53. The maximum Gasteiger partial charge on any atom is 0.491 e. The van der Waals surface area contributed by atoms with Crippen LogP contribution < -0.4 is 0 Å². The lowest BCUT2D eigenvalue weighted by atomic mass is 10.3. The van der Waals surface area contributed by atoms with Crippen molar-refractivity contribution < 1.29 is 27.2 Å². The van der Waals surface area contributed by atoms with E-state index in [9.17, 15) is 18.0 Å². The quantitative estimate of drug-likeness (QED) is 0.404. The van der Waals surface area contributed by atoms with Gasteiger partial charge in [0.05, 0.1) is 21.1 Å². The number of carbonyl (C=O) groups is 1. The predicted molar refractivity (Wildman–Crippen MR) is 44.3 cm³/mol. The molecule has 0 spiro atoms. The van der Waals surface area contributed by atoms with E-state index in [4.69, 9.17) is 0 Å². The number of halogens is 3. The molecule has 0 N–H and O–H groups in total. The molecule has 1 unspecified atom stereocenters. The highest BCUT2D eigenvalue weighted by molar-refractivity contribution is 5.75. The Labute approximate surface area is 81.0 Å². The summed E-state index contributed by atoms with van der Waals surface area (Å²) in [7, 11) is 4.99. The molecule has 3 nitrogen and oxygen atoms in total. The Kier molecular flexibility index (Phi) is 3.93. The molecule has 0 amide bonds. The number of hydrogen-bond donors (Lipinski definition) is 0. The number of nitrogens with zero attached hydrogens (tertiary/aromatic N) is 1. The van der Waals surface area contributed by atoms with Crippen molar-refractivity contribution in [2.45, 2.75) is 25.7 Å². The van der Waals surface area contributed by atoms with Gasteiger partial charge in [0, 0.05) is 6.42 Å². The molecule has 6 heteroatoms. The first-order valence-electron chi connectivity index (χ1n) is 4.18. The van der Waals surface area contributed by atoms with Gasteiger partial charge in [0.2, 0.25) is 6.23 Å². The van der Waals surface area contributed by atoms with Gasteiger partial charge in [-0.3, -0.25) is 4.48 Å². The van der Waals surface area contributed by atoms with Gasteiger partial charge in [-0.2, -0.15) is 13.2 Å². The largest absolute Gasteiger partial charge is 0.491 e. The molecule has 14 heavy (non-hydrogen) atoms. The molecular formula is C8H15F3NO2+. The summed E-state index contributed by atoms with van der Waals surface area (Å²) in [5.74, 6) is -2.13. The van der Waals surface area contributed by atoms with Gasteiger partial charge in [-0.25, -0.2) is 4.79 Å². The Morgan fingerprint density at radius 2 is 1.79 bits per heavy atom. The monoisotopic (exact) mass is 214 g/mol. The number of carbonyl (C=O) groups excluding carboxylic acids is 1. The average Bonchev–Trinajstić information content (AvgIpc) is 1.95. The SMILES string of the molecule is CCC(OC(=O)C(F)(F)F)[N+](C)(C)C. The lowest BCUT2D eigenvalue weighted by Crippen LogP contribution is -2.48. The first-order chi connectivity index (χ1) is 6.09. The van der Waals surface area contributed by atoms with E-state index in [2.05, 4.69) is 4.74 Å². The molecule has 0 fully saturated rings. The van der Waals surface area contributed by atoms with Gasteiger partial charge in [-0.15, -0.1) is 0 Å². The third-order valence-electron chi connectivity index (χ3n) is 1.69. The second-order valence-corrected chi connectivity index (χ2v) is 3.88. The van der Waals surface area contributed by atoms with Crippen LogP contribution in [0.2, 0.25) is 0 Å². The summed E-state index contributed by atoms with van der Waals surface area (Å²) in [6.45, 7) is 1.66. The second kappa shape index (κ2) is 4.16. The van der Waals surface area contributed by atoms with Crippen molar-refractivity contribution in [3.8, 4) is 0 Å². The summed E-state index contributed by atoms with van der Waals surface area (Å²) in [6, 6.07) is 0. The molecule has 0 aliphatic heterocycles. The molecule has 0 aromatic heterocycles. The molecular weight excluding hydrogens is 199 g/mol. The fourth-order valence-corrected chi connectivity index (χ4v) is 0.980. The number of hydrogen-bond acceptors (Lipinski definition) is 2. The Balaban J connectivity index is 4.43. The molecule has 0 aromatic rings. The Morgan fingerprint density at radius 3 is 2.00 bits per heavy atom. The standard InChI is InChI=1S/C8H15F3NO2/c1-5-6(12(2,3)4)14-7(13)8(9,10)11/h6H,5H2,1-4H3/q+1. The van der Waals surface area contributed by atoms with Gasteiger partial charge < -0.3 is 4.74 Å². The summed E-state index contributed by atoms with van der Waals surface area (Å²) in [5, 5.41) is 0. The van der Waals surface area contributed by atoms with Gasteiger partial charge >= 0.3 is 12.1 Å². The van der Waals surface area contributed by atoms with Gasteiger partial charge in [-0.1, -0.05) is 6.92 Å². The van der Waals surface area contributed by atoms with E-state index in [-0.39, 0.29) is 4.48 Å². The van der Waals surface area contributed by atoms with E-state index < -0.39 is 18.4 Å². The summed E-state index contributed by atoms with van der Waals surface area (Å²) in [6.07, 6.45) is -5.35. The minimum atomic E-state index is -4.91. The topological polar surface area (TPSA) is 26.3 Å². The number of alkyl halides is 3. The Bertz CT molecular complexity index is 208. The average molecular weight is 214 g/mol. The van der Waals surface area contributed by atoms with Crippen LogP contribution in [0.3, 0.4) is 0 Å². The molecule has 0 radical (unpaired) electrons. The Hall–Kier alpha value is -0.780. The van der Waals surface area contributed by atoms with E-state index in [0.717, 1.165) is 0 Å². The number of ether oxygens (including phenoxy) is 1. The van der Waals surface area contributed by atoms with Crippen LogP contribution in [-0.4, -0.2) is 44.0 Å². The third-order valence-corrected chi connectivity index (χ3v) is 1.69. The lowest BCUT2D eigenvalue weighted by molar-refractivity contribution is -0.917. The molecule has 1 atom stereocenters. The highest BCUT2D eigenvalue weighted by Gasteiger charge is 2.44. The highest BCUT2D eigenvalue weighted by Crippen LogP contribution is 2.20. The maximum atomic E-state index is 11.9. The minimum absolute atomic E-state index is 0.151. The molecule has 0 saturated carbocycles. The van der Waals surface area contributed by atoms with E-state index >= 15 is 0 Å². The molecule has 0 aromatic carbocycles. The van der Waals surface area contributed by atoms with Crippen LogP contribution in [-0.2, 0) is 9.53 Å². The van der Waals surface area contributed by atoms with Crippen LogP contribution in [0.1, 0.15) is 13.3 Å². The summed E-state index contributed by atoms with van der Waals surface area (Å²) >= 11 is 0. The smallest absolute Gasteiger partial charge is 0.406 e. The van der Waals surface area contributed by atoms with Crippen LogP contribution in [0.4, 0.5) is 13.2 Å². The highest BCUT2D eigenvalue weighted by atomic mass is 19.4. The molecule has 0 heterocycles. The van der Waals surface area contributed by atoms with E-state index in [1.54, 1.807) is 28.1 Å². The van der Waals surface area contributed by atoms with Crippen LogP contribution in [0, 0.1) is 0 Å². The number of quaternary nitrogens is 1. The Morgan fingerprint density at radius 1 is 1.36 bits per heavy atom. The van der Waals surface area contributed by atoms with Crippen LogP contribution >= 0.6 is 0 Å². The summed E-state index contributed by atoms with van der Waals surface area (Å²) in [4.78, 5) is 10.5. The molecule has 0 saturated heterocycles. The van der Waals surface area contributed by atoms with Crippen molar-refractivity contribution in [1.29, 1.82) is 0 Å². The summed E-state index contributed by atoms with van der Waals surface area (Å²) in [5.41, 5.74) is 0. The molecule has 0 rings (SSSR count). The van der Waals surface area contributed by atoms with Crippen molar-refractivity contribution in [1.82, 2.24) is 0 Å². The van der Waals surface area contributed by atoms with Gasteiger partial charge in [0.25, 0.3) is 0 Å². The van der Waals surface area contributed by atoms with Crippen LogP contribution in [0.25, 0.3) is 0 Å². The molecule has 0 bridgehead atoms. The second-order valence-electron chi connectivity index (χ2n) is 3.88. The fourth-order valence-electron chi connectivity index (χ4n) is 0.980. The van der Waals surface area contributed by atoms with Gasteiger partial charge in [-0.05, 0) is 0 Å². The number of esters is 1. The number of rotatable bonds is 3. The first-order valence-corrected chi connectivity index (χ1v) is 4.18. The van der Waals surface area contributed by atoms with E-state index in [1.807, 2.05) is 0 Å². The zero-order chi connectivity index (χ0) is 11.6.